The van der Waals surface area contributed by atoms with Gasteiger partial charge in [0.1, 0.15) is 18.1 Å². The highest BCUT2D eigenvalue weighted by Crippen LogP contribution is 2.40. The van der Waals surface area contributed by atoms with E-state index >= 15 is 0 Å². The fourth-order valence-electron chi connectivity index (χ4n) is 4.01. The Balaban J connectivity index is 0.00000108. The SMILES string of the molecule is C=c1cc2c(cc1C)=C(c1ccccc1C(=O)OCCO)c1cc(C)c(NCC)cc1O2.CCC. The Kier molecular flexibility index (Phi) is 8.72. The first-order valence-corrected chi connectivity index (χ1v) is 12.1. The van der Waals surface area contributed by atoms with Crippen molar-refractivity contribution in [2.24, 2.45) is 0 Å². The van der Waals surface area contributed by atoms with Crippen molar-refractivity contribution in [2.45, 2.75) is 41.0 Å². The molecule has 3 aromatic carbocycles. The van der Waals surface area contributed by atoms with Crippen molar-refractivity contribution in [1.29, 1.82) is 0 Å². The number of aliphatic hydroxyl groups is 1. The molecule has 2 N–H and O–H groups in total. The summed E-state index contributed by atoms with van der Waals surface area (Å²) in [5.41, 5.74) is 6.15. The van der Waals surface area contributed by atoms with E-state index in [1.165, 1.54) is 6.42 Å². The molecular weight excluding hydrogens is 438 g/mol. The van der Waals surface area contributed by atoms with E-state index in [1.54, 1.807) is 6.07 Å². The first-order chi connectivity index (χ1) is 16.9. The van der Waals surface area contributed by atoms with E-state index in [-0.39, 0.29) is 13.2 Å². The fraction of sp³-hybridized carbons (Fsp3) is 0.300. The second kappa shape index (κ2) is 11.7. The summed E-state index contributed by atoms with van der Waals surface area (Å²) in [4.78, 5) is 12.8. The molecule has 35 heavy (non-hydrogen) atoms. The molecule has 5 nitrogen and oxygen atoms in total. The van der Waals surface area contributed by atoms with Crippen LogP contribution in [-0.2, 0) is 4.74 Å². The molecule has 0 unspecified atom stereocenters. The van der Waals surface area contributed by atoms with Crippen LogP contribution in [0.25, 0.3) is 12.2 Å². The maximum absolute atomic E-state index is 12.8. The van der Waals surface area contributed by atoms with Crippen LogP contribution in [0.5, 0.6) is 11.5 Å². The van der Waals surface area contributed by atoms with Crippen molar-refractivity contribution >= 4 is 23.8 Å². The maximum Gasteiger partial charge on any atom is 0.338 e. The molecule has 5 heteroatoms. The predicted octanol–water partition coefficient (Wildman–Crippen LogP) is 5.06. The molecule has 0 fully saturated rings. The highest BCUT2D eigenvalue weighted by molar-refractivity contribution is 5.99. The summed E-state index contributed by atoms with van der Waals surface area (Å²) in [7, 11) is 0. The summed E-state index contributed by atoms with van der Waals surface area (Å²) in [6.45, 7) is 15.0. The lowest BCUT2D eigenvalue weighted by atomic mass is 9.88. The van der Waals surface area contributed by atoms with Gasteiger partial charge in [-0.2, -0.15) is 0 Å². The van der Waals surface area contributed by atoms with Gasteiger partial charge in [-0.3, -0.25) is 0 Å². The number of anilines is 1. The van der Waals surface area contributed by atoms with Crippen molar-refractivity contribution in [3.05, 3.63) is 86.8 Å². The van der Waals surface area contributed by atoms with E-state index < -0.39 is 5.97 Å². The number of nitrogens with one attached hydrogen (secondary N) is 1. The lowest BCUT2D eigenvalue weighted by Gasteiger charge is -2.24. The Morgan fingerprint density at radius 1 is 1.00 bits per heavy atom. The molecular formula is C30H35NO4. The van der Waals surface area contributed by atoms with E-state index in [4.69, 9.17) is 14.6 Å². The lowest BCUT2D eigenvalue weighted by molar-refractivity contribution is 0.0433. The highest BCUT2D eigenvalue weighted by Gasteiger charge is 2.25. The first kappa shape index (κ1) is 26.0. The summed E-state index contributed by atoms with van der Waals surface area (Å²) in [6, 6.07) is 15.5. The Bertz CT molecular complexity index is 1330. The fourth-order valence-corrected chi connectivity index (χ4v) is 4.01. The number of fused-ring (bicyclic) bond motifs is 2. The molecule has 0 aliphatic carbocycles. The van der Waals surface area contributed by atoms with Crippen molar-refractivity contribution in [3.63, 3.8) is 0 Å². The van der Waals surface area contributed by atoms with E-state index in [0.29, 0.717) is 11.3 Å². The quantitative estimate of drug-likeness (QED) is 0.383. The highest BCUT2D eigenvalue weighted by atomic mass is 16.5. The van der Waals surface area contributed by atoms with Crippen molar-refractivity contribution in [3.8, 4) is 11.5 Å². The monoisotopic (exact) mass is 473 g/mol. The van der Waals surface area contributed by atoms with Gasteiger partial charge in [-0.15, -0.1) is 0 Å². The molecule has 4 rings (SSSR count). The number of carbonyl (C=O) groups excluding carboxylic acids is 1. The molecule has 0 spiro atoms. The molecule has 0 saturated carbocycles. The second-order valence-electron chi connectivity index (χ2n) is 8.56. The van der Waals surface area contributed by atoms with Crippen LogP contribution in [0, 0.1) is 13.8 Å². The third-order valence-electron chi connectivity index (χ3n) is 5.63. The van der Waals surface area contributed by atoms with Crippen LogP contribution >= 0.6 is 0 Å². The van der Waals surface area contributed by atoms with E-state index in [9.17, 15) is 4.79 Å². The van der Waals surface area contributed by atoms with Gasteiger partial charge in [-0.05, 0) is 66.9 Å². The van der Waals surface area contributed by atoms with Crippen LogP contribution in [0.1, 0.15) is 59.8 Å². The third-order valence-corrected chi connectivity index (χ3v) is 5.63. The smallest absolute Gasteiger partial charge is 0.338 e. The van der Waals surface area contributed by atoms with Gasteiger partial charge >= 0.3 is 5.97 Å². The van der Waals surface area contributed by atoms with Crippen LogP contribution in [0.15, 0.2) is 48.5 Å². The molecule has 0 bridgehead atoms. The van der Waals surface area contributed by atoms with Gasteiger partial charge in [0.2, 0.25) is 0 Å². The third kappa shape index (κ3) is 5.57. The largest absolute Gasteiger partial charge is 0.460 e. The van der Waals surface area contributed by atoms with Crippen molar-refractivity contribution in [2.75, 3.05) is 25.1 Å². The summed E-state index contributed by atoms with van der Waals surface area (Å²) >= 11 is 0. The molecule has 1 aliphatic heterocycles. The zero-order chi connectivity index (χ0) is 25.5. The summed E-state index contributed by atoms with van der Waals surface area (Å²) in [5, 5.41) is 14.3. The predicted molar refractivity (Wildman–Crippen MR) is 143 cm³/mol. The van der Waals surface area contributed by atoms with Crippen molar-refractivity contribution in [1.82, 2.24) is 0 Å². The zero-order valence-corrected chi connectivity index (χ0v) is 21.3. The van der Waals surface area contributed by atoms with Gasteiger partial charge in [0, 0.05) is 34.7 Å². The van der Waals surface area contributed by atoms with Crippen LogP contribution in [-0.4, -0.2) is 30.8 Å². The average Bonchev–Trinajstić information content (AvgIpc) is 2.84. The van der Waals surface area contributed by atoms with E-state index in [0.717, 1.165) is 56.2 Å². The number of benzene rings is 3. The van der Waals surface area contributed by atoms with Gasteiger partial charge in [0.05, 0.1) is 12.2 Å². The Morgan fingerprint density at radius 3 is 2.40 bits per heavy atom. The van der Waals surface area contributed by atoms with Crippen LogP contribution < -0.4 is 20.5 Å². The van der Waals surface area contributed by atoms with Gasteiger partial charge in [-0.1, -0.05) is 45.0 Å². The Labute approximate surface area is 207 Å². The zero-order valence-electron chi connectivity index (χ0n) is 21.3. The normalized spacial score (nSPS) is 11.4. The molecule has 3 aromatic rings. The number of esters is 1. The van der Waals surface area contributed by atoms with Crippen LogP contribution in [0.2, 0.25) is 0 Å². The van der Waals surface area contributed by atoms with Gasteiger partial charge in [0.25, 0.3) is 0 Å². The Morgan fingerprint density at radius 2 is 1.71 bits per heavy atom. The van der Waals surface area contributed by atoms with Crippen LogP contribution in [0.3, 0.4) is 0 Å². The number of hydrogen-bond acceptors (Lipinski definition) is 5. The maximum atomic E-state index is 12.8. The molecule has 1 heterocycles. The van der Waals surface area contributed by atoms with Gasteiger partial charge in [-0.25, -0.2) is 4.79 Å². The topological polar surface area (TPSA) is 67.8 Å². The minimum atomic E-state index is -0.469. The van der Waals surface area contributed by atoms with E-state index in [2.05, 4.69) is 51.7 Å². The van der Waals surface area contributed by atoms with Crippen molar-refractivity contribution < 1.29 is 19.4 Å². The Hall–Kier alpha value is -3.57. The molecule has 0 atom stereocenters. The minimum Gasteiger partial charge on any atom is -0.460 e. The van der Waals surface area contributed by atoms with E-state index in [1.807, 2.05) is 37.3 Å². The average molecular weight is 474 g/mol. The van der Waals surface area contributed by atoms with Crippen LogP contribution in [0.4, 0.5) is 5.69 Å². The molecule has 0 radical (unpaired) electrons. The number of aliphatic hydroxyl groups excluding tert-OH is 1. The summed E-state index contributed by atoms with van der Waals surface area (Å²) in [6.07, 6.45) is 1.25. The summed E-state index contributed by atoms with van der Waals surface area (Å²) < 4.78 is 11.6. The van der Waals surface area contributed by atoms with Gasteiger partial charge in [0.15, 0.2) is 0 Å². The second-order valence-corrected chi connectivity index (χ2v) is 8.56. The lowest BCUT2D eigenvalue weighted by Crippen LogP contribution is -2.23. The first-order valence-electron chi connectivity index (χ1n) is 12.1. The molecule has 1 aliphatic rings. The number of carbonyl (C=O) groups is 1. The minimum absolute atomic E-state index is 0.0477. The molecule has 0 amide bonds. The number of hydrogen-bond donors (Lipinski definition) is 2. The molecule has 184 valence electrons. The molecule has 0 aromatic heterocycles. The molecule has 0 saturated heterocycles. The number of ether oxygens (including phenoxy) is 2. The standard InChI is InChI=1S/C27H27NO4.C3H8/c1-5-28-23-15-25-22(13-18(23)4)26(21-12-16(2)17(3)14-24(21)32-25)19-8-6-7-9-20(19)27(30)31-11-10-29;1-3-2/h6-9,12-15,28-29H,3,5,10-11H2,1-2,4H3;3H2,1-2H3. The summed E-state index contributed by atoms with van der Waals surface area (Å²) in [5.74, 6) is 0.951. The number of aryl methyl sites for hydroxylation is 2. The van der Waals surface area contributed by atoms with Gasteiger partial charge < -0.3 is 19.9 Å². The number of rotatable bonds is 6.